The minimum atomic E-state index is -2.72. The summed E-state index contributed by atoms with van der Waals surface area (Å²) in [5.41, 5.74) is 0.471. The van der Waals surface area contributed by atoms with Gasteiger partial charge in [0.25, 0.3) is 5.92 Å². The van der Waals surface area contributed by atoms with Crippen molar-refractivity contribution in [2.45, 2.75) is 18.4 Å². The second-order valence-corrected chi connectivity index (χ2v) is 7.61. The summed E-state index contributed by atoms with van der Waals surface area (Å²) >= 11 is 3.35. The molecule has 0 aliphatic heterocycles. The predicted octanol–water partition coefficient (Wildman–Crippen LogP) is 6.42. The van der Waals surface area contributed by atoms with Crippen molar-refractivity contribution in [3.63, 3.8) is 0 Å². The van der Waals surface area contributed by atoms with Gasteiger partial charge in [-0.2, -0.15) is 0 Å². The van der Waals surface area contributed by atoms with E-state index in [0.717, 1.165) is 22.0 Å². The number of nitrogens with one attached hydrogen (secondary N) is 1. The van der Waals surface area contributed by atoms with Gasteiger partial charge in [0.05, 0.1) is 18.6 Å². The van der Waals surface area contributed by atoms with Gasteiger partial charge in [-0.15, -0.1) is 0 Å². The number of fused-ring (bicyclic) bond motifs is 1. The summed E-state index contributed by atoms with van der Waals surface area (Å²) < 4.78 is 34.3. The van der Waals surface area contributed by atoms with E-state index in [9.17, 15) is 8.78 Å². The molecule has 2 atom stereocenters. The Balaban J connectivity index is 1.81. The molecule has 0 aromatic heterocycles. The Morgan fingerprint density at radius 2 is 1.78 bits per heavy atom. The van der Waals surface area contributed by atoms with Crippen LogP contribution < -0.4 is 10.1 Å². The van der Waals surface area contributed by atoms with Crippen molar-refractivity contribution in [1.82, 2.24) is 0 Å². The van der Waals surface area contributed by atoms with Gasteiger partial charge in [0, 0.05) is 22.8 Å². The normalized spacial score (nSPS) is 21.6. The molecule has 140 valence electrons. The quantitative estimate of drug-likeness (QED) is 0.454. The molecular weight excluding hydrogens is 412 g/mol. The molecule has 0 amide bonds. The number of hydrogen-bond donors (Lipinski definition) is 1. The zero-order chi connectivity index (χ0) is 19.1. The molecule has 1 N–H and O–H groups in total. The van der Waals surface area contributed by atoms with E-state index in [2.05, 4.69) is 21.2 Å². The highest BCUT2D eigenvalue weighted by atomic mass is 79.9. The Bertz CT molecular complexity index is 972. The monoisotopic (exact) mass is 431 g/mol. The first-order valence-electron chi connectivity index (χ1n) is 8.83. The maximum Gasteiger partial charge on any atom is 0.257 e. The van der Waals surface area contributed by atoms with Crippen molar-refractivity contribution in [2.75, 3.05) is 17.8 Å². The molecule has 2 nitrogen and oxygen atoms in total. The number of hydrogen-bond acceptors (Lipinski definition) is 2. The molecule has 3 aromatic rings. The van der Waals surface area contributed by atoms with Crippen molar-refractivity contribution in [2.24, 2.45) is 5.41 Å². The summed E-state index contributed by atoms with van der Waals surface area (Å²) in [6, 6.07) is 20.7. The summed E-state index contributed by atoms with van der Waals surface area (Å²) in [5.74, 6) is -2.06. The average molecular weight is 432 g/mol. The SMILES string of the molecule is COc1cccc(C(Nc2cccc3ccccc23)C2(CBr)CC2(F)F)c1. The first-order valence-corrected chi connectivity index (χ1v) is 9.95. The maximum absolute atomic E-state index is 14.5. The van der Waals surface area contributed by atoms with Gasteiger partial charge in [-0.3, -0.25) is 0 Å². The van der Waals surface area contributed by atoms with Crippen LogP contribution in [0.15, 0.2) is 66.7 Å². The zero-order valence-electron chi connectivity index (χ0n) is 14.9. The van der Waals surface area contributed by atoms with Crippen molar-refractivity contribution < 1.29 is 13.5 Å². The Kier molecular flexibility index (Phi) is 4.58. The minimum Gasteiger partial charge on any atom is -0.497 e. The van der Waals surface area contributed by atoms with Crippen LogP contribution in [-0.4, -0.2) is 18.4 Å². The van der Waals surface area contributed by atoms with Crippen LogP contribution in [-0.2, 0) is 0 Å². The molecule has 5 heteroatoms. The van der Waals surface area contributed by atoms with Crippen LogP contribution in [0.4, 0.5) is 14.5 Å². The fourth-order valence-electron chi connectivity index (χ4n) is 3.76. The molecule has 1 saturated carbocycles. The molecule has 0 bridgehead atoms. The average Bonchev–Trinajstić information content (AvgIpc) is 3.28. The third-order valence-corrected chi connectivity index (χ3v) is 6.45. The van der Waals surface area contributed by atoms with Gasteiger partial charge in [0.1, 0.15) is 5.75 Å². The second-order valence-electron chi connectivity index (χ2n) is 7.05. The van der Waals surface area contributed by atoms with E-state index < -0.39 is 17.4 Å². The number of alkyl halides is 3. The minimum absolute atomic E-state index is 0.148. The van der Waals surface area contributed by atoms with Crippen LogP contribution in [0.2, 0.25) is 0 Å². The lowest BCUT2D eigenvalue weighted by molar-refractivity contribution is 0.0651. The van der Waals surface area contributed by atoms with Crippen molar-refractivity contribution in [3.8, 4) is 5.75 Å². The molecule has 0 spiro atoms. The van der Waals surface area contributed by atoms with Gasteiger partial charge in [0.2, 0.25) is 0 Å². The van der Waals surface area contributed by atoms with Crippen molar-refractivity contribution >= 4 is 32.4 Å². The molecule has 1 aliphatic rings. The van der Waals surface area contributed by atoms with Gasteiger partial charge in [-0.25, -0.2) is 8.78 Å². The molecule has 4 rings (SSSR count). The molecule has 1 fully saturated rings. The highest BCUT2D eigenvalue weighted by molar-refractivity contribution is 9.09. The number of rotatable bonds is 6. The summed E-state index contributed by atoms with van der Waals surface area (Å²) in [7, 11) is 1.58. The highest BCUT2D eigenvalue weighted by Gasteiger charge is 2.74. The predicted molar refractivity (Wildman–Crippen MR) is 109 cm³/mol. The van der Waals surface area contributed by atoms with E-state index >= 15 is 0 Å². The largest absolute Gasteiger partial charge is 0.497 e. The topological polar surface area (TPSA) is 21.3 Å². The van der Waals surface area contributed by atoms with E-state index in [1.165, 1.54) is 0 Å². The van der Waals surface area contributed by atoms with Crippen LogP contribution in [0.25, 0.3) is 10.8 Å². The fraction of sp³-hybridized carbons (Fsp3) is 0.273. The number of halogens is 3. The Labute approximate surface area is 165 Å². The van der Waals surface area contributed by atoms with Gasteiger partial charge >= 0.3 is 0 Å². The van der Waals surface area contributed by atoms with Gasteiger partial charge in [0.15, 0.2) is 0 Å². The third-order valence-electron chi connectivity index (χ3n) is 5.45. The Morgan fingerprint density at radius 3 is 2.48 bits per heavy atom. The van der Waals surface area contributed by atoms with E-state index in [-0.39, 0.29) is 11.8 Å². The lowest BCUT2D eigenvalue weighted by atomic mass is 9.90. The van der Waals surface area contributed by atoms with Crippen molar-refractivity contribution in [3.05, 3.63) is 72.3 Å². The number of ether oxygens (including phenoxy) is 1. The molecule has 2 unspecified atom stereocenters. The lowest BCUT2D eigenvalue weighted by Gasteiger charge is -2.29. The first-order chi connectivity index (χ1) is 13.0. The first kappa shape index (κ1) is 18.2. The number of methoxy groups -OCH3 is 1. The van der Waals surface area contributed by atoms with Crippen molar-refractivity contribution in [1.29, 1.82) is 0 Å². The van der Waals surface area contributed by atoms with Crippen LogP contribution in [0.1, 0.15) is 18.0 Å². The Morgan fingerprint density at radius 1 is 1.07 bits per heavy atom. The van der Waals surface area contributed by atoms with Crippen LogP contribution >= 0.6 is 15.9 Å². The van der Waals surface area contributed by atoms with Crippen LogP contribution in [0.5, 0.6) is 5.75 Å². The summed E-state index contributed by atoms with van der Waals surface area (Å²) in [5, 5.41) is 5.74. The van der Waals surface area contributed by atoms with E-state index in [0.29, 0.717) is 5.75 Å². The standard InChI is InChI=1S/C22H20BrF2NO/c1-27-17-9-4-8-16(12-17)20(21(14-23)13-22(21,24)25)26-19-11-5-7-15-6-2-3-10-18(15)19/h2-12,20,26H,13-14H2,1H3. The summed E-state index contributed by atoms with van der Waals surface area (Å²) in [6.07, 6.45) is -0.148. The smallest absolute Gasteiger partial charge is 0.257 e. The Hall–Kier alpha value is -2.14. The molecule has 27 heavy (non-hydrogen) atoms. The highest BCUT2D eigenvalue weighted by Crippen LogP contribution is 2.68. The van der Waals surface area contributed by atoms with E-state index in [1.54, 1.807) is 7.11 Å². The van der Waals surface area contributed by atoms with Gasteiger partial charge in [-0.1, -0.05) is 64.5 Å². The summed E-state index contributed by atoms with van der Waals surface area (Å²) in [6.45, 7) is 0. The molecule has 1 aliphatic carbocycles. The van der Waals surface area contributed by atoms with E-state index in [4.69, 9.17) is 4.74 Å². The summed E-state index contributed by atoms with van der Waals surface area (Å²) in [4.78, 5) is 0. The molecule has 0 heterocycles. The van der Waals surface area contributed by atoms with E-state index in [1.807, 2.05) is 66.7 Å². The molecular formula is C22H20BrF2NO. The number of anilines is 1. The van der Waals surface area contributed by atoms with Crippen LogP contribution in [0, 0.1) is 5.41 Å². The second kappa shape index (κ2) is 6.79. The molecule has 3 aromatic carbocycles. The fourth-order valence-corrected chi connectivity index (χ4v) is 4.69. The maximum atomic E-state index is 14.5. The number of benzene rings is 3. The zero-order valence-corrected chi connectivity index (χ0v) is 16.5. The van der Waals surface area contributed by atoms with Gasteiger partial charge in [-0.05, 0) is 29.1 Å². The molecule has 0 saturated heterocycles. The van der Waals surface area contributed by atoms with Crippen LogP contribution in [0.3, 0.4) is 0 Å². The third kappa shape index (κ3) is 3.08. The van der Waals surface area contributed by atoms with Gasteiger partial charge < -0.3 is 10.1 Å². The molecule has 0 radical (unpaired) electrons. The lowest BCUT2D eigenvalue weighted by Crippen LogP contribution is -2.29.